The molecule has 4 N–H and O–H groups in total. The number of aromatic amines is 1. The van der Waals surface area contributed by atoms with Crippen LogP contribution in [0.2, 0.25) is 0 Å². The molecule has 1 aliphatic rings. The van der Waals surface area contributed by atoms with E-state index >= 15 is 0 Å². The molecule has 14 heteroatoms. The van der Waals surface area contributed by atoms with Gasteiger partial charge in [-0.05, 0) is 5.53 Å². The third-order valence-corrected chi connectivity index (χ3v) is 3.58. The van der Waals surface area contributed by atoms with Crippen LogP contribution in [0.4, 0.5) is 4.39 Å². The number of nitrogens with one attached hydrogen (secondary N) is 1. The SMILES string of the molecule is [N-]=[N+]=N[C@H]1C[C@H](n2cc(F)c(=O)[nH]c2=O)O[C@@H]1COP(N)(=O)O. The van der Waals surface area contributed by atoms with Gasteiger partial charge in [0.05, 0.1) is 24.9 Å². The Labute approximate surface area is 126 Å². The highest BCUT2D eigenvalue weighted by atomic mass is 31.2. The maximum atomic E-state index is 13.3. The molecule has 0 spiro atoms. The zero-order valence-electron chi connectivity index (χ0n) is 11.4. The lowest BCUT2D eigenvalue weighted by Crippen LogP contribution is -2.34. The van der Waals surface area contributed by atoms with Gasteiger partial charge in [-0.2, -0.15) is 4.39 Å². The molecule has 0 radical (unpaired) electrons. The monoisotopic (exact) mass is 350 g/mol. The molecule has 1 unspecified atom stereocenters. The van der Waals surface area contributed by atoms with Crippen molar-refractivity contribution in [2.45, 2.75) is 24.8 Å². The summed E-state index contributed by atoms with van der Waals surface area (Å²) >= 11 is 0. The van der Waals surface area contributed by atoms with Crippen LogP contribution < -0.4 is 16.8 Å². The molecule has 0 bridgehead atoms. The number of ether oxygens (including phenoxy) is 1. The second-order valence-electron chi connectivity index (χ2n) is 4.64. The Bertz CT molecular complexity index is 796. The minimum Gasteiger partial charge on any atom is -0.352 e. The highest BCUT2D eigenvalue weighted by Gasteiger charge is 2.37. The first-order valence-corrected chi connectivity index (χ1v) is 7.82. The number of azide groups is 1. The Morgan fingerprint density at radius 3 is 3.00 bits per heavy atom. The summed E-state index contributed by atoms with van der Waals surface area (Å²) in [5, 5.41) is 3.43. The lowest BCUT2D eigenvalue weighted by atomic mass is 10.1. The van der Waals surface area contributed by atoms with E-state index in [4.69, 9.17) is 20.7 Å². The number of nitrogens with two attached hydrogens (primary N) is 1. The van der Waals surface area contributed by atoms with Crippen molar-refractivity contribution < 1.29 is 23.1 Å². The van der Waals surface area contributed by atoms with E-state index in [9.17, 15) is 18.5 Å². The minimum absolute atomic E-state index is 0.0379. The van der Waals surface area contributed by atoms with E-state index in [1.807, 2.05) is 0 Å². The molecule has 1 aliphatic heterocycles. The van der Waals surface area contributed by atoms with Crippen molar-refractivity contribution in [2.24, 2.45) is 10.6 Å². The summed E-state index contributed by atoms with van der Waals surface area (Å²) in [5.41, 5.74) is 11.2. The van der Waals surface area contributed by atoms with E-state index < -0.39 is 49.8 Å². The minimum atomic E-state index is -4.27. The van der Waals surface area contributed by atoms with E-state index in [1.165, 1.54) is 0 Å². The molecule has 126 valence electrons. The molecule has 1 aromatic heterocycles. The molecule has 12 nitrogen and oxygen atoms in total. The Kier molecular flexibility index (Phi) is 5.00. The summed E-state index contributed by atoms with van der Waals surface area (Å²) in [7, 11) is -4.27. The van der Waals surface area contributed by atoms with Crippen LogP contribution in [0, 0.1) is 5.82 Å². The van der Waals surface area contributed by atoms with Gasteiger partial charge in [-0.3, -0.25) is 18.9 Å². The lowest BCUT2D eigenvalue weighted by Gasteiger charge is -2.17. The van der Waals surface area contributed by atoms with Crippen molar-refractivity contribution in [1.82, 2.24) is 9.55 Å². The predicted octanol–water partition coefficient (Wildman–Crippen LogP) is -0.282. The van der Waals surface area contributed by atoms with Crippen LogP contribution in [0.1, 0.15) is 12.6 Å². The maximum absolute atomic E-state index is 13.3. The number of halogens is 1. The Morgan fingerprint density at radius 2 is 2.39 bits per heavy atom. The second kappa shape index (κ2) is 6.62. The largest absolute Gasteiger partial charge is 0.400 e. The van der Waals surface area contributed by atoms with E-state index in [0.717, 1.165) is 4.57 Å². The van der Waals surface area contributed by atoms with Crippen molar-refractivity contribution in [1.29, 1.82) is 0 Å². The molecule has 0 aromatic carbocycles. The Morgan fingerprint density at radius 1 is 1.70 bits per heavy atom. The number of aromatic nitrogens is 2. The fourth-order valence-electron chi connectivity index (χ4n) is 2.08. The van der Waals surface area contributed by atoms with Gasteiger partial charge < -0.3 is 9.63 Å². The summed E-state index contributed by atoms with van der Waals surface area (Å²) in [4.78, 5) is 36.0. The van der Waals surface area contributed by atoms with Crippen LogP contribution in [0.25, 0.3) is 10.4 Å². The smallest absolute Gasteiger partial charge is 0.352 e. The summed E-state index contributed by atoms with van der Waals surface area (Å²) < 4.78 is 34.9. The van der Waals surface area contributed by atoms with Gasteiger partial charge in [-0.15, -0.1) is 0 Å². The number of nitrogens with zero attached hydrogens (tertiary/aromatic N) is 4. The fraction of sp³-hybridized carbons (Fsp3) is 0.556. The number of hydrogen-bond donors (Lipinski definition) is 3. The van der Waals surface area contributed by atoms with E-state index in [-0.39, 0.29) is 6.42 Å². The average molecular weight is 350 g/mol. The van der Waals surface area contributed by atoms with Gasteiger partial charge >= 0.3 is 13.4 Å². The lowest BCUT2D eigenvalue weighted by molar-refractivity contribution is -0.0243. The van der Waals surface area contributed by atoms with E-state index in [1.54, 1.807) is 4.98 Å². The van der Waals surface area contributed by atoms with Gasteiger partial charge in [0.25, 0.3) is 5.56 Å². The molecule has 1 aromatic rings. The molecular weight excluding hydrogens is 338 g/mol. The first-order valence-electron chi connectivity index (χ1n) is 6.18. The van der Waals surface area contributed by atoms with Gasteiger partial charge in [-0.25, -0.2) is 14.9 Å². The van der Waals surface area contributed by atoms with Gasteiger partial charge in [0, 0.05) is 11.3 Å². The van der Waals surface area contributed by atoms with Crippen LogP contribution in [0.15, 0.2) is 20.9 Å². The van der Waals surface area contributed by atoms with Crippen LogP contribution in [-0.4, -0.2) is 33.2 Å². The molecule has 0 aliphatic carbocycles. The Balaban J connectivity index is 2.24. The highest BCUT2D eigenvalue weighted by Crippen LogP contribution is 2.35. The quantitative estimate of drug-likeness (QED) is 0.282. The van der Waals surface area contributed by atoms with E-state index in [0.29, 0.717) is 6.20 Å². The number of hydrogen-bond acceptors (Lipinski definition) is 6. The van der Waals surface area contributed by atoms with Gasteiger partial charge in [-0.1, -0.05) is 5.11 Å². The molecule has 2 heterocycles. The van der Waals surface area contributed by atoms with Crippen molar-refractivity contribution >= 4 is 7.75 Å². The molecule has 4 atom stereocenters. The second-order valence-corrected chi connectivity index (χ2v) is 6.03. The molecule has 1 fully saturated rings. The molecule has 0 amide bonds. The number of rotatable bonds is 5. The summed E-state index contributed by atoms with van der Waals surface area (Å²) in [5.74, 6) is -1.20. The summed E-state index contributed by atoms with van der Waals surface area (Å²) in [6.07, 6.45) is -1.43. The first kappa shape index (κ1) is 17.3. The molecule has 23 heavy (non-hydrogen) atoms. The maximum Gasteiger partial charge on any atom is 0.400 e. The molecule has 2 rings (SSSR count). The van der Waals surface area contributed by atoms with E-state index in [2.05, 4.69) is 14.5 Å². The third kappa shape index (κ3) is 4.26. The van der Waals surface area contributed by atoms with Gasteiger partial charge in [0.1, 0.15) is 6.23 Å². The summed E-state index contributed by atoms with van der Waals surface area (Å²) in [6, 6.07) is -0.849. The molecule has 0 saturated carbocycles. The van der Waals surface area contributed by atoms with Crippen LogP contribution in [0.5, 0.6) is 0 Å². The van der Waals surface area contributed by atoms with Crippen LogP contribution >= 0.6 is 7.75 Å². The normalized spacial score (nSPS) is 26.5. The average Bonchev–Trinajstić information content (AvgIpc) is 2.83. The summed E-state index contributed by atoms with van der Waals surface area (Å²) in [6.45, 7) is -0.481. The van der Waals surface area contributed by atoms with Crippen LogP contribution in [-0.2, 0) is 13.8 Å². The number of H-pyrrole nitrogens is 1. The Hall–Kier alpha value is -2.01. The third-order valence-electron chi connectivity index (χ3n) is 3.06. The van der Waals surface area contributed by atoms with Gasteiger partial charge in [0.15, 0.2) is 0 Å². The first-order chi connectivity index (χ1) is 10.7. The van der Waals surface area contributed by atoms with Crippen molar-refractivity contribution in [2.75, 3.05) is 6.61 Å². The van der Waals surface area contributed by atoms with Crippen molar-refractivity contribution in [3.05, 3.63) is 43.3 Å². The predicted molar refractivity (Wildman–Crippen MR) is 72.7 cm³/mol. The van der Waals surface area contributed by atoms with Gasteiger partial charge in [0.2, 0.25) is 5.82 Å². The standard InChI is InChI=1S/C9H12FN6O6P/c10-4-2-16(9(18)13-8(4)17)7-1-5(14-15-11)6(22-7)3-21-23(12,19)20/h2,5-7H,1,3H2,(H3,12,19,20)(H,13,17,18)/t5-,6+,7+/m0/s1. The highest BCUT2D eigenvalue weighted by molar-refractivity contribution is 7.50. The molecule has 1 saturated heterocycles. The van der Waals surface area contributed by atoms with Crippen molar-refractivity contribution in [3.8, 4) is 0 Å². The zero-order chi connectivity index (χ0) is 17.2. The molecular formula is C9H12FN6O6P. The fourth-order valence-corrected chi connectivity index (χ4v) is 2.44. The zero-order valence-corrected chi connectivity index (χ0v) is 12.3. The topological polar surface area (TPSA) is 185 Å². The van der Waals surface area contributed by atoms with Crippen LogP contribution in [0.3, 0.4) is 0 Å². The van der Waals surface area contributed by atoms with Crippen molar-refractivity contribution in [3.63, 3.8) is 0 Å².